The Hall–Kier alpha value is -1.17. The molecule has 4 nitrogen and oxygen atoms in total. The highest BCUT2D eigenvalue weighted by Crippen LogP contribution is 2.62. The van der Waals surface area contributed by atoms with Crippen molar-refractivity contribution in [2.24, 2.45) is 7.05 Å². The molecule has 1 unspecified atom stereocenters. The number of rotatable bonds is 2. The maximum Gasteiger partial charge on any atom is 0.322 e. The molecule has 15 heavy (non-hydrogen) atoms. The van der Waals surface area contributed by atoms with Gasteiger partial charge in [-0.05, 0) is 0 Å². The number of halogens is 3. The van der Waals surface area contributed by atoms with Crippen molar-refractivity contribution in [1.82, 2.24) is 9.55 Å². The molecule has 7 heteroatoms. The molecule has 1 fully saturated rings. The molecule has 1 aromatic heterocycles. The molecule has 0 saturated heterocycles. The summed E-state index contributed by atoms with van der Waals surface area (Å²) in [7, 11) is 1.44. The number of hydrogen-bond acceptors (Lipinski definition) is 2. The zero-order valence-electron chi connectivity index (χ0n) is 7.67. The SMILES string of the molecule is Cn1cnc(Cl)c1C1(C(=O)O)CC1(F)F. The second-order valence-corrected chi connectivity index (χ2v) is 3.94. The summed E-state index contributed by atoms with van der Waals surface area (Å²) in [4.78, 5) is 14.5. The van der Waals surface area contributed by atoms with Crippen molar-refractivity contribution in [3.8, 4) is 0 Å². The van der Waals surface area contributed by atoms with Crippen LogP contribution in [0.1, 0.15) is 12.1 Å². The van der Waals surface area contributed by atoms with Gasteiger partial charge >= 0.3 is 5.97 Å². The van der Waals surface area contributed by atoms with Crippen molar-refractivity contribution < 1.29 is 18.7 Å². The lowest BCUT2D eigenvalue weighted by Gasteiger charge is -2.12. The number of carbonyl (C=O) groups is 1. The summed E-state index contributed by atoms with van der Waals surface area (Å²) in [6.45, 7) is 0. The van der Waals surface area contributed by atoms with Crippen LogP contribution in [0.5, 0.6) is 0 Å². The molecule has 1 aliphatic rings. The van der Waals surface area contributed by atoms with Gasteiger partial charge in [0.15, 0.2) is 10.6 Å². The summed E-state index contributed by atoms with van der Waals surface area (Å²) in [6, 6.07) is 0. The first kappa shape index (κ1) is 10.4. The number of alkyl halides is 2. The van der Waals surface area contributed by atoms with Crippen LogP contribution < -0.4 is 0 Å². The summed E-state index contributed by atoms with van der Waals surface area (Å²) in [5.74, 6) is -4.82. The number of aromatic nitrogens is 2. The van der Waals surface area contributed by atoms with Gasteiger partial charge in [-0.1, -0.05) is 11.6 Å². The molecule has 0 aromatic carbocycles. The Balaban J connectivity index is 2.59. The Kier molecular flexibility index (Phi) is 1.86. The number of aryl methyl sites for hydroxylation is 1. The highest BCUT2D eigenvalue weighted by Gasteiger charge is 2.79. The van der Waals surface area contributed by atoms with Gasteiger partial charge in [0.1, 0.15) is 0 Å². The zero-order chi connectivity index (χ0) is 11.4. The highest BCUT2D eigenvalue weighted by atomic mass is 35.5. The molecule has 82 valence electrons. The molecule has 0 bridgehead atoms. The number of nitrogens with zero attached hydrogens (tertiary/aromatic N) is 2. The Morgan fingerprint density at radius 1 is 1.73 bits per heavy atom. The first-order chi connectivity index (χ1) is 6.83. The normalized spacial score (nSPS) is 27.7. The van der Waals surface area contributed by atoms with E-state index in [4.69, 9.17) is 16.7 Å². The molecule has 0 aliphatic heterocycles. The van der Waals surface area contributed by atoms with E-state index in [9.17, 15) is 13.6 Å². The molecule has 1 N–H and O–H groups in total. The van der Waals surface area contributed by atoms with E-state index in [-0.39, 0.29) is 10.8 Å². The van der Waals surface area contributed by atoms with Crippen molar-refractivity contribution in [2.45, 2.75) is 17.8 Å². The molecular formula is C8H7ClF2N2O2. The van der Waals surface area contributed by atoms with Crippen molar-refractivity contribution >= 4 is 17.6 Å². The fourth-order valence-electron chi connectivity index (χ4n) is 1.76. The van der Waals surface area contributed by atoms with Crippen LogP contribution in [0, 0.1) is 0 Å². The standard InChI is InChI=1S/C8H7ClF2N2O2/c1-13-3-12-5(9)4(13)7(6(14)15)2-8(7,10)11/h3H,2H2,1H3,(H,14,15). The lowest BCUT2D eigenvalue weighted by Crippen LogP contribution is -2.29. The van der Waals surface area contributed by atoms with Crippen LogP contribution in [0.4, 0.5) is 8.78 Å². The number of imidazole rings is 1. The average Bonchev–Trinajstić information content (AvgIpc) is 2.51. The lowest BCUT2D eigenvalue weighted by molar-refractivity contribution is -0.143. The number of carboxylic acid groups (broad SMARTS) is 1. The summed E-state index contributed by atoms with van der Waals surface area (Å²) >= 11 is 5.61. The van der Waals surface area contributed by atoms with Crippen LogP contribution >= 0.6 is 11.6 Å². The summed E-state index contributed by atoms with van der Waals surface area (Å²) in [5, 5.41) is 8.70. The number of carboxylic acids is 1. The second kappa shape index (κ2) is 2.69. The van der Waals surface area contributed by atoms with Crippen molar-refractivity contribution in [3.05, 3.63) is 17.2 Å². The largest absolute Gasteiger partial charge is 0.480 e. The van der Waals surface area contributed by atoms with Gasteiger partial charge in [-0.2, -0.15) is 0 Å². The molecule has 2 rings (SSSR count). The zero-order valence-corrected chi connectivity index (χ0v) is 8.42. The van der Waals surface area contributed by atoms with Crippen LogP contribution in [0.3, 0.4) is 0 Å². The monoisotopic (exact) mass is 236 g/mol. The summed E-state index contributed by atoms with van der Waals surface area (Å²) < 4.78 is 27.5. The van der Waals surface area contributed by atoms with E-state index in [0.717, 1.165) is 0 Å². The third kappa shape index (κ3) is 1.11. The van der Waals surface area contributed by atoms with E-state index in [2.05, 4.69) is 4.98 Å². The van der Waals surface area contributed by atoms with Crippen molar-refractivity contribution in [1.29, 1.82) is 0 Å². The predicted octanol–water partition coefficient (Wildman–Crippen LogP) is 1.43. The summed E-state index contributed by atoms with van der Waals surface area (Å²) in [5.41, 5.74) is -2.34. The Morgan fingerprint density at radius 2 is 2.27 bits per heavy atom. The van der Waals surface area contributed by atoms with E-state index in [1.54, 1.807) is 0 Å². The number of aliphatic carboxylic acids is 1. The molecule has 0 radical (unpaired) electrons. The second-order valence-electron chi connectivity index (χ2n) is 3.59. The Bertz CT molecular complexity index is 426. The molecule has 1 heterocycles. The van der Waals surface area contributed by atoms with Crippen molar-refractivity contribution in [2.75, 3.05) is 0 Å². The van der Waals surface area contributed by atoms with Gasteiger partial charge in [0.25, 0.3) is 5.92 Å². The summed E-state index contributed by atoms with van der Waals surface area (Å²) in [6.07, 6.45) is 0.491. The topological polar surface area (TPSA) is 55.1 Å². The third-order valence-corrected chi connectivity index (χ3v) is 2.92. The molecule has 1 aliphatic carbocycles. The van der Waals surface area contributed by atoms with E-state index in [0.29, 0.717) is 0 Å². The van der Waals surface area contributed by atoms with Gasteiger partial charge in [-0.3, -0.25) is 4.79 Å². The Labute approximate surface area is 88.5 Å². The minimum absolute atomic E-state index is 0.137. The molecular weight excluding hydrogens is 230 g/mol. The van der Waals surface area contributed by atoms with E-state index < -0.39 is 23.7 Å². The maximum atomic E-state index is 13.1. The minimum atomic E-state index is -3.25. The van der Waals surface area contributed by atoms with Crippen LogP contribution in [-0.2, 0) is 17.3 Å². The molecule has 0 amide bonds. The minimum Gasteiger partial charge on any atom is -0.480 e. The van der Waals surface area contributed by atoms with E-state index >= 15 is 0 Å². The first-order valence-electron chi connectivity index (χ1n) is 4.11. The van der Waals surface area contributed by atoms with Gasteiger partial charge in [-0.25, -0.2) is 13.8 Å². The maximum absolute atomic E-state index is 13.1. The molecule has 0 spiro atoms. The fraction of sp³-hybridized carbons (Fsp3) is 0.500. The fourth-order valence-corrected chi connectivity index (χ4v) is 2.10. The van der Waals surface area contributed by atoms with Gasteiger partial charge in [-0.15, -0.1) is 0 Å². The molecule has 1 saturated carbocycles. The van der Waals surface area contributed by atoms with Gasteiger partial charge < -0.3 is 9.67 Å². The first-order valence-corrected chi connectivity index (χ1v) is 4.49. The van der Waals surface area contributed by atoms with E-state index in [1.165, 1.54) is 17.9 Å². The van der Waals surface area contributed by atoms with E-state index in [1.807, 2.05) is 0 Å². The third-order valence-electron chi connectivity index (χ3n) is 2.65. The Morgan fingerprint density at radius 3 is 2.53 bits per heavy atom. The lowest BCUT2D eigenvalue weighted by atomic mass is 10.0. The van der Waals surface area contributed by atoms with Crippen LogP contribution in [0.25, 0.3) is 0 Å². The van der Waals surface area contributed by atoms with Gasteiger partial charge in [0.2, 0.25) is 0 Å². The molecule has 1 aromatic rings. The smallest absolute Gasteiger partial charge is 0.322 e. The van der Waals surface area contributed by atoms with Crippen LogP contribution in [-0.4, -0.2) is 26.5 Å². The predicted molar refractivity (Wildman–Crippen MR) is 47.1 cm³/mol. The van der Waals surface area contributed by atoms with Crippen molar-refractivity contribution in [3.63, 3.8) is 0 Å². The van der Waals surface area contributed by atoms with Gasteiger partial charge in [0, 0.05) is 13.5 Å². The van der Waals surface area contributed by atoms with Crippen LogP contribution in [0.2, 0.25) is 5.15 Å². The quantitative estimate of drug-likeness (QED) is 0.845. The van der Waals surface area contributed by atoms with Gasteiger partial charge in [0.05, 0.1) is 12.0 Å². The molecule has 1 atom stereocenters. The highest BCUT2D eigenvalue weighted by molar-refractivity contribution is 6.30. The average molecular weight is 237 g/mol. The number of hydrogen-bond donors (Lipinski definition) is 1. The van der Waals surface area contributed by atoms with Crippen LogP contribution in [0.15, 0.2) is 6.33 Å².